The first-order valence-electron chi connectivity index (χ1n) is 5.95. The number of hydrogen-bond donors (Lipinski definition) is 1. The van der Waals surface area contributed by atoms with Gasteiger partial charge in [-0.25, -0.2) is 9.97 Å². The molecule has 3 nitrogen and oxygen atoms in total. The highest BCUT2D eigenvalue weighted by atomic mass is 79.9. The predicted octanol–water partition coefficient (Wildman–Crippen LogP) is 4.16. The van der Waals surface area contributed by atoms with Gasteiger partial charge in [0.15, 0.2) is 0 Å². The lowest BCUT2D eigenvalue weighted by molar-refractivity contribution is 0.916. The molecule has 0 unspecified atom stereocenters. The summed E-state index contributed by atoms with van der Waals surface area (Å²) >= 11 is 9.51. The number of H-pyrrole nitrogens is 1. The Kier molecular flexibility index (Phi) is 3.53. The maximum absolute atomic E-state index is 5.99. The average molecular weight is 337 g/mol. The quantitative estimate of drug-likeness (QED) is 0.780. The lowest BCUT2D eigenvalue weighted by Gasteiger charge is -2.03. The SMILES string of the molecule is Clc1cccc(CCc2ncnc3[nH]cc(Br)c23)c1. The zero-order chi connectivity index (χ0) is 13.2. The van der Waals surface area contributed by atoms with E-state index < -0.39 is 0 Å². The van der Waals surface area contributed by atoms with E-state index in [4.69, 9.17) is 11.6 Å². The third kappa shape index (κ3) is 2.65. The van der Waals surface area contributed by atoms with Crippen LogP contribution in [0.15, 0.2) is 41.3 Å². The minimum absolute atomic E-state index is 0.771. The highest BCUT2D eigenvalue weighted by molar-refractivity contribution is 9.10. The van der Waals surface area contributed by atoms with Crippen molar-refractivity contribution >= 4 is 38.6 Å². The van der Waals surface area contributed by atoms with Crippen molar-refractivity contribution in [2.75, 3.05) is 0 Å². The second kappa shape index (κ2) is 5.31. The Morgan fingerprint density at radius 2 is 2.11 bits per heavy atom. The molecular weight excluding hydrogens is 326 g/mol. The largest absolute Gasteiger partial charge is 0.345 e. The smallest absolute Gasteiger partial charge is 0.142 e. The minimum Gasteiger partial charge on any atom is -0.345 e. The number of hydrogen-bond acceptors (Lipinski definition) is 2. The third-order valence-corrected chi connectivity index (χ3v) is 3.90. The third-order valence-electron chi connectivity index (χ3n) is 3.04. The molecule has 0 fully saturated rings. The van der Waals surface area contributed by atoms with Crippen molar-refractivity contribution in [3.8, 4) is 0 Å². The monoisotopic (exact) mass is 335 g/mol. The molecule has 0 aliphatic rings. The first kappa shape index (κ1) is 12.6. The molecule has 1 N–H and O–H groups in total. The Labute approximate surface area is 124 Å². The number of aromatic amines is 1. The number of benzene rings is 1. The fourth-order valence-electron chi connectivity index (χ4n) is 2.13. The number of aryl methyl sites for hydroxylation is 2. The molecule has 0 atom stereocenters. The summed E-state index contributed by atoms with van der Waals surface area (Å²) in [7, 11) is 0. The second-order valence-corrected chi connectivity index (χ2v) is 5.60. The molecule has 3 aromatic rings. The fourth-order valence-corrected chi connectivity index (χ4v) is 2.88. The standard InChI is InChI=1S/C14H11BrClN3/c15-11-7-17-14-13(11)12(18-8-19-14)5-4-9-2-1-3-10(16)6-9/h1-3,6-8H,4-5H2,(H,17,18,19). The number of nitrogens with zero attached hydrogens (tertiary/aromatic N) is 2. The van der Waals surface area contributed by atoms with E-state index in [2.05, 4.69) is 36.9 Å². The van der Waals surface area contributed by atoms with Crippen LogP contribution in [-0.2, 0) is 12.8 Å². The number of rotatable bonds is 3. The Balaban J connectivity index is 1.88. The van der Waals surface area contributed by atoms with Gasteiger partial charge >= 0.3 is 0 Å². The number of nitrogens with one attached hydrogen (secondary N) is 1. The summed E-state index contributed by atoms with van der Waals surface area (Å²) in [4.78, 5) is 11.7. The van der Waals surface area contributed by atoms with Crippen LogP contribution >= 0.6 is 27.5 Å². The van der Waals surface area contributed by atoms with Crippen molar-refractivity contribution in [1.29, 1.82) is 0 Å². The summed E-state index contributed by atoms with van der Waals surface area (Å²) in [6, 6.07) is 7.93. The minimum atomic E-state index is 0.771. The van der Waals surface area contributed by atoms with Gasteiger partial charge in [-0.3, -0.25) is 0 Å². The number of fused-ring (bicyclic) bond motifs is 1. The van der Waals surface area contributed by atoms with Gasteiger partial charge in [-0.1, -0.05) is 23.7 Å². The van der Waals surface area contributed by atoms with E-state index in [1.807, 2.05) is 24.4 Å². The molecule has 5 heteroatoms. The van der Waals surface area contributed by atoms with Crippen LogP contribution in [0.1, 0.15) is 11.3 Å². The maximum Gasteiger partial charge on any atom is 0.142 e. The highest BCUT2D eigenvalue weighted by Gasteiger charge is 2.09. The summed E-state index contributed by atoms with van der Waals surface area (Å²) in [6.07, 6.45) is 5.25. The van der Waals surface area contributed by atoms with E-state index in [1.54, 1.807) is 6.33 Å². The van der Waals surface area contributed by atoms with Gasteiger partial charge in [-0.15, -0.1) is 0 Å². The van der Waals surface area contributed by atoms with Gasteiger partial charge in [0.2, 0.25) is 0 Å². The second-order valence-electron chi connectivity index (χ2n) is 4.31. The molecule has 0 saturated heterocycles. The van der Waals surface area contributed by atoms with Gasteiger partial charge in [0.1, 0.15) is 12.0 Å². The number of aromatic nitrogens is 3. The Hall–Kier alpha value is -1.39. The van der Waals surface area contributed by atoms with E-state index in [0.29, 0.717) is 0 Å². The Morgan fingerprint density at radius 1 is 1.21 bits per heavy atom. The first-order valence-corrected chi connectivity index (χ1v) is 7.12. The van der Waals surface area contributed by atoms with Crippen molar-refractivity contribution in [3.63, 3.8) is 0 Å². The molecule has 0 aliphatic heterocycles. The lowest BCUT2D eigenvalue weighted by Crippen LogP contribution is -1.96. The molecule has 19 heavy (non-hydrogen) atoms. The van der Waals surface area contributed by atoms with Crippen LogP contribution in [0.4, 0.5) is 0 Å². The van der Waals surface area contributed by atoms with Crippen LogP contribution in [0, 0.1) is 0 Å². The molecule has 96 valence electrons. The molecule has 2 aromatic heterocycles. The molecular formula is C14H11BrClN3. The van der Waals surface area contributed by atoms with E-state index in [9.17, 15) is 0 Å². The van der Waals surface area contributed by atoms with Crippen LogP contribution < -0.4 is 0 Å². The summed E-state index contributed by atoms with van der Waals surface area (Å²) in [5.41, 5.74) is 3.12. The molecule has 0 radical (unpaired) electrons. The van der Waals surface area contributed by atoms with Gasteiger partial charge in [0.05, 0.1) is 11.1 Å². The zero-order valence-electron chi connectivity index (χ0n) is 10.0. The Morgan fingerprint density at radius 3 is 2.95 bits per heavy atom. The topological polar surface area (TPSA) is 41.6 Å². The molecule has 1 aromatic carbocycles. The molecule has 0 spiro atoms. The summed E-state index contributed by atoms with van der Waals surface area (Å²) in [5, 5.41) is 1.83. The first-order chi connectivity index (χ1) is 9.24. The van der Waals surface area contributed by atoms with E-state index >= 15 is 0 Å². The van der Waals surface area contributed by atoms with E-state index in [-0.39, 0.29) is 0 Å². The van der Waals surface area contributed by atoms with Crippen molar-refractivity contribution in [3.05, 3.63) is 57.5 Å². The Bertz CT molecular complexity index is 724. The molecule has 3 rings (SSSR count). The maximum atomic E-state index is 5.99. The van der Waals surface area contributed by atoms with Crippen LogP contribution in [-0.4, -0.2) is 15.0 Å². The predicted molar refractivity (Wildman–Crippen MR) is 80.4 cm³/mol. The van der Waals surface area contributed by atoms with Crippen molar-refractivity contribution in [2.24, 2.45) is 0 Å². The highest BCUT2D eigenvalue weighted by Crippen LogP contribution is 2.25. The van der Waals surface area contributed by atoms with Crippen molar-refractivity contribution < 1.29 is 0 Å². The van der Waals surface area contributed by atoms with Gasteiger partial charge in [-0.05, 0) is 46.5 Å². The molecule has 2 heterocycles. The zero-order valence-corrected chi connectivity index (χ0v) is 12.4. The summed E-state index contributed by atoms with van der Waals surface area (Å²) < 4.78 is 1.00. The number of halogens is 2. The van der Waals surface area contributed by atoms with Crippen molar-refractivity contribution in [1.82, 2.24) is 15.0 Å². The molecule has 0 saturated carbocycles. The normalized spacial score (nSPS) is 11.1. The average Bonchev–Trinajstić information content (AvgIpc) is 2.79. The fraction of sp³-hybridized carbons (Fsp3) is 0.143. The summed E-state index contributed by atoms with van der Waals surface area (Å²) in [6.45, 7) is 0. The molecule has 0 aliphatic carbocycles. The van der Waals surface area contributed by atoms with Crippen LogP contribution in [0.25, 0.3) is 11.0 Å². The van der Waals surface area contributed by atoms with Gasteiger partial charge in [-0.2, -0.15) is 0 Å². The van der Waals surface area contributed by atoms with Crippen LogP contribution in [0.5, 0.6) is 0 Å². The van der Waals surface area contributed by atoms with Crippen LogP contribution in [0.3, 0.4) is 0 Å². The van der Waals surface area contributed by atoms with Gasteiger partial charge in [0, 0.05) is 15.7 Å². The van der Waals surface area contributed by atoms with Crippen LogP contribution in [0.2, 0.25) is 5.02 Å². The summed E-state index contributed by atoms with van der Waals surface area (Å²) in [5.74, 6) is 0. The van der Waals surface area contributed by atoms with E-state index in [1.165, 1.54) is 5.56 Å². The van der Waals surface area contributed by atoms with E-state index in [0.717, 1.165) is 39.1 Å². The van der Waals surface area contributed by atoms with Crippen molar-refractivity contribution in [2.45, 2.75) is 12.8 Å². The lowest BCUT2D eigenvalue weighted by atomic mass is 10.1. The van der Waals surface area contributed by atoms with Gasteiger partial charge in [0.25, 0.3) is 0 Å². The molecule has 0 amide bonds. The van der Waals surface area contributed by atoms with Gasteiger partial charge < -0.3 is 4.98 Å². The molecule has 0 bridgehead atoms.